The number of aromatic nitrogens is 1. The van der Waals surface area contributed by atoms with Crippen molar-refractivity contribution < 1.29 is 4.74 Å². The van der Waals surface area contributed by atoms with E-state index in [0.717, 1.165) is 0 Å². The third-order valence-corrected chi connectivity index (χ3v) is 1.93. The van der Waals surface area contributed by atoms with E-state index in [1.54, 1.807) is 17.8 Å². The summed E-state index contributed by atoms with van der Waals surface area (Å²) in [6.07, 6.45) is 1.65. The van der Waals surface area contributed by atoms with Gasteiger partial charge in [-0.2, -0.15) is 0 Å². The third-order valence-electron chi connectivity index (χ3n) is 1.41. The van der Waals surface area contributed by atoms with Crippen LogP contribution in [0, 0.1) is 0 Å². The maximum atomic E-state index is 11.0. The van der Waals surface area contributed by atoms with Crippen molar-refractivity contribution in [3.63, 3.8) is 0 Å². The fourth-order valence-electron chi connectivity index (χ4n) is 0.788. The van der Waals surface area contributed by atoms with E-state index in [4.69, 9.17) is 4.74 Å². The van der Waals surface area contributed by atoms with Crippen molar-refractivity contribution in [2.24, 2.45) is 7.05 Å². The Morgan fingerprint density at radius 2 is 2.27 bits per heavy atom. The van der Waals surface area contributed by atoms with Gasteiger partial charge in [0, 0.05) is 19.3 Å². The van der Waals surface area contributed by atoms with Crippen molar-refractivity contribution >= 4 is 12.6 Å². The lowest BCUT2D eigenvalue weighted by atomic mass is 10.4. The molecule has 0 saturated carbocycles. The molecule has 11 heavy (non-hydrogen) atoms. The van der Waals surface area contributed by atoms with Gasteiger partial charge < -0.3 is 9.30 Å². The molecule has 1 aromatic rings. The Labute approximate surface area is 70.0 Å². The number of rotatable bonds is 1. The van der Waals surface area contributed by atoms with Crippen molar-refractivity contribution in [1.82, 2.24) is 4.57 Å². The van der Waals surface area contributed by atoms with E-state index in [1.807, 2.05) is 0 Å². The third kappa shape index (κ3) is 1.40. The monoisotopic (exact) mass is 171 g/mol. The van der Waals surface area contributed by atoms with E-state index in [1.165, 1.54) is 13.2 Å². The number of hydrogen-bond donors (Lipinski definition) is 1. The zero-order valence-corrected chi connectivity index (χ0v) is 7.26. The Kier molecular flexibility index (Phi) is 2.24. The predicted octanol–water partition coefficient (Wildman–Crippen LogP) is 0.683. The van der Waals surface area contributed by atoms with Gasteiger partial charge in [-0.15, -0.1) is 12.6 Å². The maximum Gasteiger partial charge on any atom is 0.224 e. The molecule has 0 N–H and O–H groups in total. The van der Waals surface area contributed by atoms with Crippen molar-refractivity contribution in [2.75, 3.05) is 7.11 Å². The van der Waals surface area contributed by atoms with Crippen LogP contribution in [0.2, 0.25) is 0 Å². The predicted molar refractivity (Wildman–Crippen MR) is 45.5 cm³/mol. The van der Waals surface area contributed by atoms with Crippen LogP contribution in [0.15, 0.2) is 22.1 Å². The largest absolute Gasteiger partial charge is 0.490 e. The highest BCUT2D eigenvalue weighted by Gasteiger charge is 2.04. The standard InChI is InChI=1S/C7H9NO2S/c1-8-4-3-5(9)6(10-2)7(8)11/h3-4,11H,1-2H3. The SMILES string of the molecule is COc1c(S)n(C)ccc1=O. The first-order valence-electron chi connectivity index (χ1n) is 3.09. The number of methoxy groups -OCH3 is 1. The van der Waals surface area contributed by atoms with Crippen LogP contribution in [0.25, 0.3) is 0 Å². The molecule has 1 rings (SSSR count). The van der Waals surface area contributed by atoms with Crippen LogP contribution in [0.3, 0.4) is 0 Å². The number of thiol groups is 1. The summed E-state index contributed by atoms with van der Waals surface area (Å²) in [4.78, 5) is 11.0. The summed E-state index contributed by atoms with van der Waals surface area (Å²) >= 11 is 4.10. The number of ether oxygens (including phenoxy) is 1. The fraction of sp³-hybridized carbons (Fsp3) is 0.286. The van der Waals surface area contributed by atoms with Gasteiger partial charge in [-0.25, -0.2) is 0 Å². The summed E-state index contributed by atoms with van der Waals surface area (Å²) < 4.78 is 6.56. The van der Waals surface area contributed by atoms with Crippen LogP contribution in [0.4, 0.5) is 0 Å². The Morgan fingerprint density at radius 3 is 2.73 bits per heavy atom. The number of pyridine rings is 1. The van der Waals surface area contributed by atoms with Crippen LogP contribution < -0.4 is 10.2 Å². The molecule has 4 heteroatoms. The lowest BCUT2D eigenvalue weighted by molar-refractivity contribution is 0.391. The van der Waals surface area contributed by atoms with Crippen molar-refractivity contribution in [3.8, 4) is 5.75 Å². The normalized spacial score (nSPS) is 9.73. The molecule has 0 amide bonds. The molecular formula is C7H9NO2S. The quantitative estimate of drug-likeness (QED) is 0.630. The zero-order valence-electron chi connectivity index (χ0n) is 6.37. The van der Waals surface area contributed by atoms with Crippen LogP contribution >= 0.6 is 12.6 Å². The molecule has 0 unspecified atom stereocenters. The molecule has 1 heterocycles. The average Bonchev–Trinajstić information content (AvgIpc) is 1.99. The lowest BCUT2D eigenvalue weighted by Gasteiger charge is -2.06. The number of nitrogens with zero attached hydrogens (tertiary/aromatic N) is 1. The zero-order chi connectivity index (χ0) is 8.43. The summed E-state index contributed by atoms with van der Waals surface area (Å²) in [7, 11) is 3.25. The Morgan fingerprint density at radius 1 is 1.64 bits per heavy atom. The summed E-state index contributed by atoms with van der Waals surface area (Å²) in [5.41, 5.74) is -0.143. The highest BCUT2D eigenvalue weighted by molar-refractivity contribution is 7.80. The molecule has 0 saturated heterocycles. The van der Waals surface area contributed by atoms with Crippen LogP contribution in [-0.2, 0) is 7.05 Å². The fourth-order valence-corrected chi connectivity index (χ4v) is 1.06. The second-order valence-electron chi connectivity index (χ2n) is 2.15. The van der Waals surface area contributed by atoms with Crippen LogP contribution in [0.5, 0.6) is 5.75 Å². The van der Waals surface area contributed by atoms with Gasteiger partial charge in [0.2, 0.25) is 5.43 Å². The number of hydrogen-bond acceptors (Lipinski definition) is 3. The number of aryl methyl sites for hydroxylation is 1. The highest BCUT2D eigenvalue weighted by Crippen LogP contribution is 2.14. The van der Waals surface area contributed by atoms with E-state index in [9.17, 15) is 4.79 Å². The molecule has 0 atom stereocenters. The Bertz CT molecular complexity index is 319. The van der Waals surface area contributed by atoms with E-state index in [-0.39, 0.29) is 5.43 Å². The molecule has 0 fully saturated rings. The molecule has 0 aliphatic carbocycles. The second-order valence-corrected chi connectivity index (χ2v) is 2.57. The van der Waals surface area contributed by atoms with Crippen molar-refractivity contribution in [2.45, 2.75) is 5.03 Å². The summed E-state index contributed by atoms with van der Waals surface area (Å²) in [5.74, 6) is 0.290. The average molecular weight is 171 g/mol. The van der Waals surface area contributed by atoms with Gasteiger partial charge >= 0.3 is 0 Å². The molecule has 3 nitrogen and oxygen atoms in total. The van der Waals surface area contributed by atoms with Gasteiger partial charge in [0.15, 0.2) is 5.75 Å². The van der Waals surface area contributed by atoms with E-state index in [2.05, 4.69) is 12.6 Å². The molecule has 0 aliphatic heterocycles. The first-order chi connectivity index (χ1) is 5.16. The van der Waals surface area contributed by atoms with Crippen LogP contribution in [0.1, 0.15) is 0 Å². The smallest absolute Gasteiger partial charge is 0.224 e. The van der Waals surface area contributed by atoms with Gasteiger partial charge in [-0.1, -0.05) is 0 Å². The summed E-state index contributed by atoms with van der Waals surface area (Å²) in [5, 5.41) is 0.542. The highest BCUT2D eigenvalue weighted by atomic mass is 32.1. The lowest BCUT2D eigenvalue weighted by Crippen LogP contribution is -2.09. The van der Waals surface area contributed by atoms with Gasteiger partial charge in [0.1, 0.15) is 5.03 Å². The molecule has 0 bridgehead atoms. The Balaban J connectivity index is 3.41. The summed E-state index contributed by atoms with van der Waals surface area (Å²) in [6, 6.07) is 1.44. The van der Waals surface area contributed by atoms with E-state index >= 15 is 0 Å². The van der Waals surface area contributed by atoms with Gasteiger partial charge in [0.25, 0.3) is 0 Å². The summed E-state index contributed by atoms with van der Waals surface area (Å²) in [6.45, 7) is 0. The maximum absolute atomic E-state index is 11.0. The minimum atomic E-state index is -0.143. The van der Waals surface area contributed by atoms with Crippen molar-refractivity contribution in [1.29, 1.82) is 0 Å². The van der Waals surface area contributed by atoms with Crippen molar-refractivity contribution in [3.05, 3.63) is 22.5 Å². The van der Waals surface area contributed by atoms with Gasteiger partial charge in [-0.05, 0) is 0 Å². The minimum Gasteiger partial charge on any atom is -0.490 e. The topological polar surface area (TPSA) is 31.2 Å². The first kappa shape index (κ1) is 8.20. The Hall–Kier alpha value is -0.900. The molecule has 0 aliphatic rings. The van der Waals surface area contributed by atoms with Gasteiger partial charge in [-0.3, -0.25) is 4.79 Å². The first-order valence-corrected chi connectivity index (χ1v) is 3.54. The van der Waals surface area contributed by atoms with E-state index in [0.29, 0.717) is 10.8 Å². The molecule has 0 aromatic carbocycles. The molecule has 60 valence electrons. The molecule has 0 spiro atoms. The molecular weight excluding hydrogens is 162 g/mol. The minimum absolute atomic E-state index is 0.143. The second kappa shape index (κ2) is 3.00. The van der Waals surface area contributed by atoms with Crippen LogP contribution in [-0.4, -0.2) is 11.7 Å². The molecule has 0 radical (unpaired) electrons. The van der Waals surface area contributed by atoms with Gasteiger partial charge in [0.05, 0.1) is 7.11 Å². The molecule has 1 aromatic heterocycles. The van der Waals surface area contributed by atoms with E-state index < -0.39 is 0 Å².